The lowest BCUT2D eigenvalue weighted by Crippen LogP contribution is -2.42. The molecule has 3 N–H and O–H groups in total. The summed E-state index contributed by atoms with van der Waals surface area (Å²) in [5, 5.41) is 3.34. The molecule has 2 atom stereocenters. The van der Waals surface area contributed by atoms with Crippen molar-refractivity contribution in [3.63, 3.8) is 0 Å². The van der Waals surface area contributed by atoms with E-state index in [1.165, 1.54) is 5.56 Å². The van der Waals surface area contributed by atoms with Gasteiger partial charge in [0, 0.05) is 29.0 Å². The summed E-state index contributed by atoms with van der Waals surface area (Å²) in [5.41, 5.74) is 7.42. The molecular weight excluding hydrogens is 240 g/mol. The molecule has 0 amide bonds. The van der Waals surface area contributed by atoms with Crippen LogP contribution in [0, 0.1) is 0 Å². The molecule has 76 valence electrons. The normalized spacial score (nSPS) is 32.1. The second kappa shape index (κ2) is 3.65. The van der Waals surface area contributed by atoms with Crippen LogP contribution in [0.2, 0.25) is 0 Å². The number of hydrogen-bond acceptors (Lipinski definition) is 2. The maximum absolute atomic E-state index is 6.23. The van der Waals surface area contributed by atoms with Crippen LogP contribution in [0.5, 0.6) is 0 Å². The second-order valence-electron chi connectivity index (χ2n) is 4.24. The largest absolute Gasteiger partial charge is 0.324 e. The van der Waals surface area contributed by atoms with Gasteiger partial charge in [0.25, 0.3) is 0 Å². The third-order valence-electron chi connectivity index (χ3n) is 2.90. The van der Waals surface area contributed by atoms with Crippen LogP contribution in [0.1, 0.15) is 18.4 Å². The molecule has 1 heterocycles. The molecule has 0 aliphatic carbocycles. The zero-order valence-corrected chi connectivity index (χ0v) is 9.84. The Morgan fingerprint density at radius 1 is 1.57 bits per heavy atom. The molecule has 2 rings (SSSR count). The molecule has 1 aromatic carbocycles. The van der Waals surface area contributed by atoms with Crippen LogP contribution in [-0.2, 0) is 0 Å². The first-order valence-corrected chi connectivity index (χ1v) is 5.64. The molecule has 2 nitrogen and oxygen atoms in total. The Kier molecular flexibility index (Phi) is 2.64. The lowest BCUT2D eigenvalue weighted by atomic mass is 9.84. The minimum atomic E-state index is -0.124. The summed E-state index contributed by atoms with van der Waals surface area (Å²) in [6.45, 7) is 3.98. The van der Waals surface area contributed by atoms with E-state index in [0.717, 1.165) is 17.6 Å². The molecule has 0 spiro atoms. The van der Waals surface area contributed by atoms with E-state index in [9.17, 15) is 0 Å². The predicted molar refractivity (Wildman–Crippen MR) is 62.3 cm³/mol. The molecule has 0 radical (unpaired) electrons. The molecule has 0 bridgehead atoms. The summed E-state index contributed by atoms with van der Waals surface area (Å²) < 4.78 is 1.12. The van der Waals surface area contributed by atoms with Gasteiger partial charge in [-0.1, -0.05) is 28.1 Å². The number of hydrogen-bond donors (Lipinski definition) is 2. The Morgan fingerprint density at radius 3 is 2.93 bits per heavy atom. The fourth-order valence-electron chi connectivity index (χ4n) is 2.06. The topological polar surface area (TPSA) is 38.0 Å². The highest BCUT2D eigenvalue weighted by molar-refractivity contribution is 9.10. The van der Waals surface area contributed by atoms with Gasteiger partial charge in [-0.3, -0.25) is 0 Å². The van der Waals surface area contributed by atoms with Gasteiger partial charge in [-0.05, 0) is 24.6 Å². The van der Waals surface area contributed by atoms with Crippen LogP contribution in [0.4, 0.5) is 0 Å². The molecule has 1 aromatic rings. The van der Waals surface area contributed by atoms with E-state index in [1.807, 2.05) is 6.07 Å². The van der Waals surface area contributed by atoms with Crippen molar-refractivity contribution in [3.8, 4) is 0 Å². The second-order valence-corrected chi connectivity index (χ2v) is 5.16. The summed E-state index contributed by atoms with van der Waals surface area (Å²) in [4.78, 5) is 0. The fourth-order valence-corrected chi connectivity index (χ4v) is 2.48. The van der Waals surface area contributed by atoms with Crippen molar-refractivity contribution in [3.05, 3.63) is 34.3 Å². The maximum atomic E-state index is 6.23. The smallest absolute Gasteiger partial charge is 0.0333 e. The highest BCUT2D eigenvalue weighted by Gasteiger charge is 2.35. The average molecular weight is 255 g/mol. The van der Waals surface area contributed by atoms with Gasteiger partial charge in [0.1, 0.15) is 0 Å². The molecular formula is C11H15BrN2. The van der Waals surface area contributed by atoms with Gasteiger partial charge in [0.05, 0.1) is 0 Å². The van der Waals surface area contributed by atoms with Gasteiger partial charge >= 0.3 is 0 Å². The van der Waals surface area contributed by atoms with Gasteiger partial charge in [-0.15, -0.1) is 0 Å². The van der Waals surface area contributed by atoms with Crippen molar-refractivity contribution in [2.45, 2.75) is 18.4 Å². The van der Waals surface area contributed by atoms with E-state index in [2.05, 4.69) is 46.4 Å². The molecule has 1 saturated heterocycles. The van der Waals surface area contributed by atoms with Crippen LogP contribution in [0.3, 0.4) is 0 Å². The molecule has 14 heavy (non-hydrogen) atoms. The number of halogens is 1. The number of benzene rings is 1. The predicted octanol–water partition coefficient (Wildman–Crippen LogP) is 1.85. The quantitative estimate of drug-likeness (QED) is 0.803. The van der Waals surface area contributed by atoms with Crippen LogP contribution < -0.4 is 11.1 Å². The third-order valence-corrected chi connectivity index (χ3v) is 3.39. The van der Waals surface area contributed by atoms with Crippen LogP contribution in [0.25, 0.3) is 0 Å². The fraction of sp³-hybridized carbons (Fsp3) is 0.455. The summed E-state index contributed by atoms with van der Waals surface area (Å²) >= 11 is 3.49. The van der Waals surface area contributed by atoms with Crippen molar-refractivity contribution in [2.75, 3.05) is 13.1 Å². The van der Waals surface area contributed by atoms with E-state index >= 15 is 0 Å². The zero-order chi connectivity index (χ0) is 10.2. The number of nitrogens with one attached hydrogen (secondary N) is 1. The summed E-state index contributed by atoms with van der Waals surface area (Å²) in [6.07, 6.45) is 0. The zero-order valence-electron chi connectivity index (χ0n) is 8.26. The first-order chi connectivity index (χ1) is 6.59. The van der Waals surface area contributed by atoms with Crippen LogP contribution in [-0.4, -0.2) is 18.6 Å². The Morgan fingerprint density at radius 2 is 2.36 bits per heavy atom. The number of rotatable bonds is 1. The maximum Gasteiger partial charge on any atom is 0.0333 e. The average Bonchev–Trinajstić information content (AvgIpc) is 2.45. The minimum absolute atomic E-state index is 0.124. The van der Waals surface area contributed by atoms with Crippen LogP contribution in [0.15, 0.2) is 28.7 Å². The lowest BCUT2D eigenvalue weighted by Gasteiger charge is -2.26. The van der Waals surface area contributed by atoms with Gasteiger partial charge in [-0.25, -0.2) is 0 Å². The summed E-state index contributed by atoms with van der Waals surface area (Å²) in [6, 6.07) is 8.41. The third kappa shape index (κ3) is 1.85. The van der Waals surface area contributed by atoms with E-state index in [4.69, 9.17) is 5.73 Å². The minimum Gasteiger partial charge on any atom is -0.324 e. The van der Waals surface area contributed by atoms with E-state index in [-0.39, 0.29) is 5.54 Å². The van der Waals surface area contributed by atoms with Crippen molar-refractivity contribution in [1.82, 2.24) is 5.32 Å². The molecule has 3 heteroatoms. The van der Waals surface area contributed by atoms with Gasteiger partial charge < -0.3 is 11.1 Å². The van der Waals surface area contributed by atoms with Crippen molar-refractivity contribution in [2.24, 2.45) is 5.73 Å². The molecule has 0 aromatic heterocycles. The van der Waals surface area contributed by atoms with Crippen molar-refractivity contribution < 1.29 is 0 Å². The first-order valence-electron chi connectivity index (χ1n) is 4.85. The summed E-state index contributed by atoms with van der Waals surface area (Å²) in [7, 11) is 0. The lowest BCUT2D eigenvalue weighted by molar-refractivity contribution is 0.462. The molecule has 2 unspecified atom stereocenters. The Bertz CT molecular complexity index is 336. The molecule has 1 aliphatic heterocycles. The Labute approximate surface area is 93.0 Å². The van der Waals surface area contributed by atoms with Crippen LogP contribution >= 0.6 is 15.9 Å². The first kappa shape index (κ1) is 10.1. The molecule has 0 saturated carbocycles. The van der Waals surface area contributed by atoms with Gasteiger partial charge in [0.2, 0.25) is 0 Å². The van der Waals surface area contributed by atoms with E-state index in [0.29, 0.717) is 5.92 Å². The Balaban J connectivity index is 2.31. The van der Waals surface area contributed by atoms with Gasteiger partial charge in [-0.2, -0.15) is 0 Å². The number of nitrogens with two attached hydrogens (primary N) is 1. The van der Waals surface area contributed by atoms with Crippen molar-refractivity contribution in [1.29, 1.82) is 0 Å². The SMILES string of the molecule is CC1(N)CNCC1c1cccc(Br)c1. The van der Waals surface area contributed by atoms with E-state index < -0.39 is 0 Å². The standard InChI is InChI=1S/C11H15BrN2/c1-11(13)7-14-6-10(11)8-3-2-4-9(12)5-8/h2-5,10,14H,6-7,13H2,1H3. The van der Waals surface area contributed by atoms with Crippen molar-refractivity contribution >= 4 is 15.9 Å². The van der Waals surface area contributed by atoms with Gasteiger partial charge in [0.15, 0.2) is 0 Å². The summed E-state index contributed by atoms with van der Waals surface area (Å²) in [5.74, 6) is 0.417. The monoisotopic (exact) mass is 254 g/mol. The highest BCUT2D eigenvalue weighted by Crippen LogP contribution is 2.30. The molecule has 1 fully saturated rings. The molecule has 1 aliphatic rings. The highest BCUT2D eigenvalue weighted by atomic mass is 79.9. The van der Waals surface area contributed by atoms with E-state index in [1.54, 1.807) is 0 Å². The Hall–Kier alpha value is -0.380.